The molecule has 0 saturated heterocycles. The summed E-state index contributed by atoms with van der Waals surface area (Å²) in [7, 11) is 0. The van der Waals surface area contributed by atoms with Crippen LogP contribution in [0.4, 0.5) is 0 Å². The average molecular weight is 284 g/mol. The molecule has 2 rings (SSSR count). The summed E-state index contributed by atoms with van der Waals surface area (Å²) in [4.78, 5) is 25.2. The van der Waals surface area contributed by atoms with Gasteiger partial charge >= 0.3 is 0 Å². The summed E-state index contributed by atoms with van der Waals surface area (Å²) in [6.45, 7) is 13.8. The van der Waals surface area contributed by atoms with Gasteiger partial charge in [-0.25, -0.2) is 0 Å². The maximum Gasteiger partial charge on any atom is 0.162 e. The summed E-state index contributed by atoms with van der Waals surface area (Å²) < 4.78 is 0. The topological polar surface area (TPSA) is 34.1 Å². The van der Waals surface area contributed by atoms with Crippen LogP contribution in [-0.2, 0) is 9.59 Å². The van der Waals surface area contributed by atoms with Crippen LogP contribution in [0.1, 0.15) is 27.2 Å². The lowest BCUT2D eigenvalue weighted by molar-refractivity contribution is -0.132. The van der Waals surface area contributed by atoms with Crippen molar-refractivity contribution in [2.75, 3.05) is 0 Å². The Morgan fingerprint density at radius 2 is 2.00 bits per heavy atom. The fourth-order valence-electron chi connectivity index (χ4n) is 3.70. The van der Waals surface area contributed by atoms with Crippen molar-refractivity contribution in [3.8, 4) is 0 Å². The van der Waals surface area contributed by atoms with Crippen LogP contribution in [0.2, 0.25) is 0 Å². The standard InChI is InChI=1S/C19H24O2/c1-6-14-12(4)8-10-16(20)17(14)18-15(11(2)3)9-7-13(5)19(18)21/h6-8,10,12,14-15,17-18H,1-2,9H2,3-5H3/t12-,14+,15-,17-,18+/m1/s1. The highest BCUT2D eigenvalue weighted by molar-refractivity contribution is 6.03. The highest BCUT2D eigenvalue weighted by atomic mass is 16.1. The molecule has 0 aromatic rings. The molecule has 2 heteroatoms. The fourth-order valence-corrected chi connectivity index (χ4v) is 3.70. The van der Waals surface area contributed by atoms with Crippen molar-refractivity contribution in [2.24, 2.45) is 29.6 Å². The minimum Gasteiger partial charge on any atom is -0.295 e. The molecule has 5 atom stereocenters. The lowest BCUT2D eigenvalue weighted by atomic mass is 9.61. The van der Waals surface area contributed by atoms with Crippen molar-refractivity contribution in [1.82, 2.24) is 0 Å². The van der Waals surface area contributed by atoms with E-state index in [1.807, 2.05) is 32.1 Å². The van der Waals surface area contributed by atoms with Gasteiger partial charge in [0.15, 0.2) is 11.6 Å². The zero-order valence-corrected chi connectivity index (χ0v) is 13.1. The Morgan fingerprint density at radius 3 is 2.57 bits per heavy atom. The van der Waals surface area contributed by atoms with Crippen LogP contribution in [0.25, 0.3) is 0 Å². The van der Waals surface area contributed by atoms with E-state index in [9.17, 15) is 9.59 Å². The van der Waals surface area contributed by atoms with Crippen LogP contribution in [0.15, 0.2) is 48.6 Å². The van der Waals surface area contributed by atoms with E-state index in [4.69, 9.17) is 0 Å². The van der Waals surface area contributed by atoms with Crippen molar-refractivity contribution in [1.29, 1.82) is 0 Å². The number of Topliss-reactive ketones (excluding diaryl/α,β-unsaturated/α-hetero) is 1. The summed E-state index contributed by atoms with van der Waals surface area (Å²) in [6, 6.07) is 0. The van der Waals surface area contributed by atoms with E-state index in [1.54, 1.807) is 6.08 Å². The second kappa shape index (κ2) is 5.97. The highest BCUT2D eigenvalue weighted by Crippen LogP contribution is 2.43. The molecule has 0 saturated carbocycles. The van der Waals surface area contributed by atoms with Crippen LogP contribution < -0.4 is 0 Å². The summed E-state index contributed by atoms with van der Waals surface area (Å²) in [5, 5.41) is 0. The molecular weight excluding hydrogens is 260 g/mol. The zero-order chi connectivity index (χ0) is 15.7. The van der Waals surface area contributed by atoms with Gasteiger partial charge in [0, 0.05) is 11.8 Å². The van der Waals surface area contributed by atoms with Crippen molar-refractivity contribution in [2.45, 2.75) is 27.2 Å². The Morgan fingerprint density at radius 1 is 1.33 bits per heavy atom. The highest BCUT2D eigenvalue weighted by Gasteiger charge is 2.45. The molecule has 2 aliphatic rings. The third-order valence-corrected chi connectivity index (χ3v) is 5.01. The molecular formula is C19H24O2. The molecule has 0 aromatic heterocycles. The SMILES string of the molecule is C=C[C@@H]1[C@@H]([C@H]2C(=O)C(C)=CC[C@@H]2C(=C)C)C(=O)C=C[C@H]1C. The van der Waals surface area contributed by atoms with Crippen molar-refractivity contribution >= 4 is 11.6 Å². The van der Waals surface area contributed by atoms with Crippen molar-refractivity contribution in [3.63, 3.8) is 0 Å². The molecule has 0 bridgehead atoms. The molecule has 2 aliphatic carbocycles. The second-order valence-electron chi connectivity index (χ2n) is 6.43. The third kappa shape index (κ3) is 2.72. The second-order valence-corrected chi connectivity index (χ2v) is 6.43. The van der Waals surface area contributed by atoms with E-state index >= 15 is 0 Å². The lowest BCUT2D eigenvalue weighted by Gasteiger charge is -2.40. The number of rotatable bonds is 3. The van der Waals surface area contributed by atoms with Gasteiger partial charge < -0.3 is 0 Å². The molecule has 0 radical (unpaired) electrons. The zero-order valence-electron chi connectivity index (χ0n) is 13.1. The Hall–Kier alpha value is -1.70. The number of carbonyl (C=O) groups is 2. The van der Waals surface area contributed by atoms with Crippen LogP contribution in [0, 0.1) is 29.6 Å². The average Bonchev–Trinajstić information content (AvgIpc) is 2.44. The first-order valence-electron chi connectivity index (χ1n) is 7.59. The Labute approximate surface area is 127 Å². The molecule has 0 aromatic carbocycles. The largest absolute Gasteiger partial charge is 0.295 e. The Bertz CT molecular complexity index is 550. The molecule has 0 fully saturated rings. The number of ketones is 2. The van der Waals surface area contributed by atoms with Crippen LogP contribution in [0.5, 0.6) is 0 Å². The molecule has 0 N–H and O–H groups in total. The number of hydrogen-bond donors (Lipinski definition) is 0. The Kier molecular flexibility index (Phi) is 4.46. The smallest absolute Gasteiger partial charge is 0.162 e. The predicted molar refractivity (Wildman–Crippen MR) is 85.7 cm³/mol. The fraction of sp³-hybridized carbons (Fsp3) is 0.474. The first-order valence-corrected chi connectivity index (χ1v) is 7.59. The lowest BCUT2D eigenvalue weighted by Crippen LogP contribution is -2.44. The van der Waals surface area contributed by atoms with Gasteiger partial charge in [-0.05, 0) is 49.7 Å². The molecule has 0 heterocycles. The van der Waals surface area contributed by atoms with Crippen LogP contribution >= 0.6 is 0 Å². The summed E-state index contributed by atoms with van der Waals surface area (Å²) >= 11 is 0. The quantitative estimate of drug-likeness (QED) is 0.736. The van der Waals surface area contributed by atoms with Gasteiger partial charge in [0.1, 0.15) is 0 Å². The predicted octanol–water partition coefficient (Wildman–Crippen LogP) is 3.91. The molecule has 112 valence electrons. The summed E-state index contributed by atoms with van der Waals surface area (Å²) in [6.07, 6.45) is 8.19. The minimum atomic E-state index is -0.305. The van der Waals surface area contributed by atoms with Crippen LogP contribution in [-0.4, -0.2) is 11.6 Å². The summed E-state index contributed by atoms with van der Waals surface area (Å²) in [5.41, 5.74) is 1.75. The van der Waals surface area contributed by atoms with Gasteiger partial charge in [0.05, 0.1) is 0 Å². The van der Waals surface area contributed by atoms with Crippen LogP contribution in [0.3, 0.4) is 0 Å². The first kappa shape index (κ1) is 15.7. The molecule has 0 aliphatic heterocycles. The van der Waals surface area contributed by atoms with E-state index in [-0.39, 0.29) is 41.2 Å². The van der Waals surface area contributed by atoms with Gasteiger partial charge in [0.25, 0.3) is 0 Å². The molecule has 0 spiro atoms. The van der Waals surface area contributed by atoms with E-state index in [1.165, 1.54) is 0 Å². The number of hydrogen-bond acceptors (Lipinski definition) is 2. The monoisotopic (exact) mass is 284 g/mol. The van der Waals surface area contributed by atoms with E-state index in [0.29, 0.717) is 0 Å². The van der Waals surface area contributed by atoms with Gasteiger partial charge in [0.2, 0.25) is 0 Å². The minimum absolute atomic E-state index is 0.0178. The molecule has 0 unspecified atom stereocenters. The summed E-state index contributed by atoms with van der Waals surface area (Å²) in [5.74, 6) is -0.148. The van der Waals surface area contributed by atoms with E-state index < -0.39 is 0 Å². The maximum atomic E-state index is 12.7. The van der Waals surface area contributed by atoms with Crippen molar-refractivity contribution in [3.05, 3.63) is 48.6 Å². The maximum absolute atomic E-state index is 12.7. The molecule has 2 nitrogen and oxygen atoms in total. The van der Waals surface area contributed by atoms with Gasteiger partial charge in [-0.3, -0.25) is 9.59 Å². The van der Waals surface area contributed by atoms with E-state index in [0.717, 1.165) is 17.6 Å². The van der Waals surface area contributed by atoms with Gasteiger partial charge in [-0.2, -0.15) is 0 Å². The third-order valence-electron chi connectivity index (χ3n) is 5.01. The molecule has 0 amide bonds. The Balaban J connectivity index is 2.48. The number of carbonyl (C=O) groups excluding carboxylic acids is 2. The normalized spacial score (nSPS) is 36.3. The van der Waals surface area contributed by atoms with E-state index in [2.05, 4.69) is 20.1 Å². The van der Waals surface area contributed by atoms with Gasteiger partial charge in [-0.1, -0.05) is 37.3 Å². The molecule has 21 heavy (non-hydrogen) atoms. The first-order chi connectivity index (χ1) is 9.88. The number of allylic oxidation sites excluding steroid dienone is 6. The van der Waals surface area contributed by atoms with Gasteiger partial charge in [-0.15, -0.1) is 6.58 Å². The van der Waals surface area contributed by atoms with Crippen molar-refractivity contribution < 1.29 is 9.59 Å².